The van der Waals surface area contributed by atoms with Crippen LogP contribution in [0.15, 0.2) is 58.3 Å². The first-order valence-electron chi connectivity index (χ1n) is 9.29. The van der Waals surface area contributed by atoms with Gasteiger partial charge in [0.15, 0.2) is 9.47 Å². The predicted molar refractivity (Wildman–Crippen MR) is 125 cm³/mol. The lowest BCUT2D eigenvalue weighted by molar-refractivity contribution is -0.115. The summed E-state index contributed by atoms with van der Waals surface area (Å²) in [6.07, 6.45) is 0. The molecule has 0 aliphatic heterocycles. The number of nitrogens with one attached hydrogen (secondary N) is 1. The number of aromatic nitrogens is 3. The van der Waals surface area contributed by atoms with Crippen LogP contribution >= 0.6 is 34.4 Å². The lowest BCUT2D eigenvalue weighted by atomic mass is 10.2. The SMILES string of the molecule is CC(=O)N(c1cccc(C)c1)c1nc(CSc2nnc(Nc3ccccc3F)s2)cs1. The van der Waals surface area contributed by atoms with Crippen LogP contribution < -0.4 is 10.2 Å². The molecule has 0 aliphatic carbocycles. The van der Waals surface area contributed by atoms with Gasteiger partial charge in [-0.3, -0.25) is 9.69 Å². The van der Waals surface area contributed by atoms with Crippen LogP contribution in [0.25, 0.3) is 0 Å². The summed E-state index contributed by atoms with van der Waals surface area (Å²) in [6.45, 7) is 3.52. The number of carbonyl (C=O) groups is 1. The first kappa shape index (κ1) is 21.4. The van der Waals surface area contributed by atoms with E-state index in [1.807, 2.05) is 36.6 Å². The van der Waals surface area contributed by atoms with Gasteiger partial charge in [0.1, 0.15) is 5.82 Å². The van der Waals surface area contributed by atoms with Gasteiger partial charge in [0.05, 0.1) is 17.1 Å². The van der Waals surface area contributed by atoms with E-state index >= 15 is 0 Å². The van der Waals surface area contributed by atoms with Crippen LogP contribution in [0.1, 0.15) is 18.2 Å². The third kappa shape index (κ3) is 5.27. The summed E-state index contributed by atoms with van der Waals surface area (Å²) in [5, 5.41) is 14.2. The highest BCUT2D eigenvalue weighted by atomic mass is 32.2. The summed E-state index contributed by atoms with van der Waals surface area (Å²) < 4.78 is 14.5. The molecule has 2 aromatic carbocycles. The van der Waals surface area contributed by atoms with Crippen LogP contribution in [0, 0.1) is 12.7 Å². The minimum absolute atomic E-state index is 0.0906. The molecule has 0 spiro atoms. The number of carbonyl (C=O) groups excluding carboxylic acids is 1. The number of nitrogens with zero attached hydrogens (tertiary/aromatic N) is 4. The first-order valence-corrected chi connectivity index (χ1v) is 12.0. The molecule has 1 N–H and O–H groups in total. The minimum Gasteiger partial charge on any atom is -0.328 e. The molecule has 0 radical (unpaired) electrons. The normalized spacial score (nSPS) is 10.8. The zero-order valence-electron chi connectivity index (χ0n) is 16.7. The van der Waals surface area contributed by atoms with Gasteiger partial charge in [0.25, 0.3) is 0 Å². The van der Waals surface area contributed by atoms with Gasteiger partial charge in [0.2, 0.25) is 11.0 Å². The average Bonchev–Trinajstić information content (AvgIpc) is 3.38. The summed E-state index contributed by atoms with van der Waals surface area (Å²) in [6, 6.07) is 14.2. The van der Waals surface area contributed by atoms with Crippen LogP contribution in [0.5, 0.6) is 0 Å². The fraction of sp³-hybridized carbons (Fsp3) is 0.143. The number of thioether (sulfide) groups is 1. The Balaban J connectivity index is 1.42. The molecule has 0 saturated heterocycles. The zero-order chi connectivity index (χ0) is 21.8. The molecule has 0 fully saturated rings. The molecule has 4 rings (SSSR count). The zero-order valence-corrected chi connectivity index (χ0v) is 19.2. The Hall–Kier alpha value is -2.82. The van der Waals surface area contributed by atoms with Gasteiger partial charge in [0, 0.05) is 18.1 Å². The van der Waals surface area contributed by atoms with Crippen LogP contribution in [-0.2, 0) is 10.5 Å². The number of anilines is 4. The summed E-state index contributed by atoms with van der Waals surface area (Å²) in [5.74, 6) is 0.155. The number of halogens is 1. The molecular formula is C21H18FN5OS3. The number of thiazole rings is 1. The quantitative estimate of drug-likeness (QED) is 0.325. The predicted octanol–water partition coefficient (Wildman–Crippen LogP) is 6.16. The van der Waals surface area contributed by atoms with Crippen LogP contribution in [0.2, 0.25) is 0 Å². The molecule has 0 unspecified atom stereocenters. The second-order valence-corrected chi connectivity index (χ2v) is 9.62. The molecule has 0 atom stereocenters. The number of aryl methyl sites for hydroxylation is 1. The van der Waals surface area contributed by atoms with Crippen LogP contribution in [-0.4, -0.2) is 21.1 Å². The Kier molecular flexibility index (Phi) is 6.59. The molecule has 1 amide bonds. The maximum Gasteiger partial charge on any atom is 0.230 e. The monoisotopic (exact) mass is 471 g/mol. The van der Waals surface area contributed by atoms with Gasteiger partial charge in [-0.2, -0.15) is 0 Å². The largest absolute Gasteiger partial charge is 0.328 e. The van der Waals surface area contributed by atoms with E-state index in [4.69, 9.17) is 0 Å². The smallest absolute Gasteiger partial charge is 0.230 e. The second kappa shape index (κ2) is 9.54. The lowest BCUT2D eigenvalue weighted by Crippen LogP contribution is -2.22. The fourth-order valence-corrected chi connectivity index (χ4v) is 5.44. The van der Waals surface area contributed by atoms with Gasteiger partial charge in [-0.25, -0.2) is 9.37 Å². The van der Waals surface area contributed by atoms with Crippen molar-refractivity contribution in [3.8, 4) is 0 Å². The number of benzene rings is 2. The summed E-state index contributed by atoms with van der Waals surface area (Å²) >= 11 is 4.26. The van der Waals surface area contributed by atoms with Gasteiger partial charge in [-0.1, -0.05) is 47.4 Å². The highest BCUT2D eigenvalue weighted by molar-refractivity contribution is 8.00. The van der Waals surface area contributed by atoms with Gasteiger partial charge in [-0.15, -0.1) is 21.5 Å². The van der Waals surface area contributed by atoms with Crippen molar-refractivity contribution in [2.75, 3.05) is 10.2 Å². The highest BCUT2D eigenvalue weighted by Gasteiger charge is 2.18. The molecule has 0 saturated carbocycles. The summed E-state index contributed by atoms with van der Waals surface area (Å²) in [4.78, 5) is 18.5. The fourth-order valence-electron chi connectivity index (χ4n) is 2.79. The molecule has 4 aromatic rings. The Labute approximate surface area is 191 Å². The van der Waals surface area contributed by atoms with Crippen molar-refractivity contribution in [2.24, 2.45) is 0 Å². The molecule has 10 heteroatoms. The van der Waals surface area contributed by atoms with Crippen LogP contribution in [0.4, 0.5) is 26.0 Å². The molecule has 31 heavy (non-hydrogen) atoms. The first-order chi connectivity index (χ1) is 15.0. The lowest BCUT2D eigenvalue weighted by Gasteiger charge is -2.18. The van der Waals surface area contributed by atoms with Gasteiger partial charge < -0.3 is 5.32 Å². The standard InChI is InChI=1S/C21H18FN5OS3/c1-13-6-5-7-16(10-13)27(14(2)28)20-23-15(11-29-20)12-30-21-26-25-19(31-21)24-18-9-4-3-8-17(18)22/h3-11H,12H2,1-2H3,(H,24,25). The van der Waals surface area contributed by atoms with E-state index in [1.54, 1.807) is 23.1 Å². The topological polar surface area (TPSA) is 71.0 Å². The van der Waals surface area contributed by atoms with E-state index in [2.05, 4.69) is 20.5 Å². The maximum atomic E-state index is 13.8. The third-order valence-electron chi connectivity index (χ3n) is 4.17. The average molecular weight is 472 g/mol. The minimum atomic E-state index is -0.342. The van der Waals surface area contributed by atoms with Gasteiger partial charge in [-0.05, 0) is 36.8 Å². The second-order valence-electron chi connectivity index (χ2n) is 6.58. The van der Waals surface area contributed by atoms with Crippen molar-refractivity contribution in [2.45, 2.75) is 23.9 Å². The molecule has 158 valence electrons. The van der Waals surface area contributed by atoms with Crippen molar-refractivity contribution in [1.29, 1.82) is 0 Å². The molecular weight excluding hydrogens is 453 g/mol. The van der Waals surface area contributed by atoms with Gasteiger partial charge >= 0.3 is 0 Å². The Bertz CT molecular complexity index is 1210. The van der Waals surface area contributed by atoms with E-state index in [-0.39, 0.29) is 11.7 Å². The Morgan fingerprint density at radius 1 is 1.19 bits per heavy atom. The van der Waals surface area contributed by atoms with Crippen molar-refractivity contribution in [3.63, 3.8) is 0 Å². The van der Waals surface area contributed by atoms with Crippen molar-refractivity contribution >= 4 is 62.0 Å². The maximum absolute atomic E-state index is 13.8. The number of para-hydroxylation sites is 1. The third-order valence-corrected chi connectivity index (χ3v) is 7.05. The highest BCUT2D eigenvalue weighted by Crippen LogP contribution is 2.33. The summed E-state index contributed by atoms with van der Waals surface area (Å²) in [7, 11) is 0. The number of rotatable bonds is 7. The molecule has 2 aromatic heterocycles. The number of hydrogen-bond donors (Lipinski definition) is 1. The summed E-state index contributed by atoms with van der Waals surface area (Å²) in [5.41, 5.74) is 3.09. The van der Waals surface area contributed by atoms with E-state index in [0.29, 0.717) is 21.7 Å². The Morgan fingerprint density at radius 3 is 2.81 bits per heavy atom. The van der Waals surface area contributed by atoms with Crippen molar-refractivity contribution in [1.82, 2.24) is 15.2 Å². The van der Waals surface area contributed by atoms with E-state index in [9.17, 15) is 9.18 Å². The Morgan fingerprint density at radius 2 is 2.03 bits per heavy atom. The number of hydrogen-bond acceptors (Lipinski definition) is 8. The molecule has 6 nitrogen and oxygen atoms in total. The van der Waals surface area contributed by atoms with Crippen molar-refractivity contribution in [3.05, 3.63) is 71.0 Å². The van der Waals surface area contributed by atoms with E-state index in [0.717, 1.165) is 21.3 Å². The molecule has 0 bridgehead atoms. The molecule has 2 heterocycles. The molecule has 0 aliphatic rings. The van der Waals surface area contributed by atoms with E-state index < -0.39 is 0 Å². The number of amides is 1. The van der Waals surface area contributed by atoms with E-state index in [1.165, 1.54) is 47.4 Å². The van der Waals surface area contributed by atoms with Crippen molar-refractivity contribution < 1.29 is 9.18 Å². The van der Waals surface area contributed by atoms with Crippen LogP contribution in [0.3, 0.4) is 0 Å².